The monoisotopic (exact) mass is 366 g/mol. The second kappa shape index (κ2) is 9.91. The number of nitrogens with zero attached hydrogens (tertiary/aromatic N) is 1. The predicted molar refractivity (Wildman–Crippen MR) is 111 cm³/mol. The quantitative estimate of drug-likeness (QED) is 0.719. The van der Waals surface area contributed by atoms with Gasteiger partial charge in [0, 0.05) is 24.3 Å². The van der Waals surface area contributed by atoms with Gasteiger partial charge in [-0.05, 0) is 49.6 Å². The Labute approximate surface area is 162 Å². The molecule has 0 aliphatic rings. The van der Waals surface area contributed by atoms with Gasteiger partial charge in [0.2, 0.25) is 5.91 Å². The van der Waals surface area contributed by atoms with Crippen LogP contribution in [0.4, 0.5) is 5.69 Å². The van der Waals surface area contributed by atoms with Crippen molar-refractivity contribution in [1.82, 2.24) is 4.90 Å². The number of carbonyl (C=O) groups excluding carboxylic acids is 2. The van der Waals surface area contributed by atoms with Crippen LogP contribution >= 0.6 is 0 Å². The molecule has 2 aromatic rings. The van der Waals surface area contributed by atoms with Crippen molar-refractivity contribution in [3.8, 4) is 0 Å². The van der Waals surface area contributed by atoms with Crippen molar-refractivity contribution in [1.29, 1.82) is 0 Å². The first-order valence-electron chi connectivity index (χ1n) is 9.76. The fourth-order valence-corrected chi connectivity index (χ4v) is 3.24. The lowest BCUT2D eigenvalue weighted by molar-refractivity contribution is -0.118. The summed E-state index contributed by atoms with van der Waals surface area (Å²) in [6.45, 7) is 9.50. The van der Waals surface area contributed by atoms with Gasteiger partial charge in [-0.15, -0.1) is 0 Å². The van der Waals surface area contributed by atoms with Crippen LogP contribution in [0.3, 0.4) is 0 Å². The molecule has 27 heavy (non-hydrogen) atoms. The molecule has 2 aromatic carbocycles. The number of carbonyl (C=O) groups is 2. The third-order valence-electron chi connectivity index (χ3n) is 5.10. The van der Waals surface area contributed by atoms with Crippen LogP contribution in [0.25, 0.3) is 0 Å². The lowest BCUT2D eigenvalue weighted by Crippen LogP contribution is -2.30. The molecule has 144 valence electrons. The van der Waals surface area contributed by atoms with E-state index in [0.29, 0.717) is 24.3 Å². The summed E-state index contributed by atoms with van der Waals surface area (Å²) in [7, 11) is 0. The van der Waals surface area contributed by atoms with Gasteiger partial charge in [-0.25, -0.2) is 0 Å². The second-order valence-corrected chi connectivity index (χ2v) is 6.82. The lowest BCUT2D eigenvalue weighted by Gasteiger charge is -2.23. The Morgan fingerprint density at radius 2 is 1.52 bits per heavy atom. The molecule has 0 aliphatic carbocycles. The van der Waals surface area contributed by atoms with Gasteiger partial charge in [0.25, 0.3) is 5.91 Å². The van der Waals surface area contributed by atoms with E-state index in [1.165, 1.54) is 0 Å². The van der Waals surface area contributed by atoms with E-state index in [9.17, 15) is 9.59 Å². The van der Waals surface area contributed by atoms with Crippen molar-refractivity contribution in [3.63, 3.8) is 0 Å². The van der Waals surface area contributed by atoms with Crippen molar-refractivity contribution < 1.29 is 9.59 Å². The molecule has 0 aliphatic heterocycles. The zero-order valence-electron chi connectivity index (χ0n) is 16.7. The summed E-state index contributed by atoms with van der Waals surface area (Å²) >= 11 is 0. The minimum absolute atomic E-state index is 0.0136. The molecular formula is C23H30N2O2. The highest BCUT2D eigenvalue weighted by atomic mass is 16.2. The number of anilines is 1. The Bertz CT molecular complexity index is 737. The summed E-state index contributed by atoms with van der Waals surface area (Å²) < 4.78 is 0. The predicted octanol–water partition coefficient (Wildman–Crippen LogP) is 4.94. The highest BCUT2D eigenvalue weighted by Crippen LogP contribution is 2.28. The molecule has 0 heterocycles. The number of hydrogen-bond acceptors (Lipinski definition) is 2. The fourth-order valence-electron chi connectivity index (χ4n) is 3.24. The molecule has 0 radical (unpaired) electrons. The minimum atomic E-state index is -0.201. The smallest absolute Gasteiger partial charge is 0.253 e. The Hall–Kier alpha value is -2.62. The first-order valence-corrected chi connectivity index (χ1v) is 9.76. The van der Waals surface area contributed by atoms with Gasteiger partial charge in [0.05, 0.1) is 5.92 Å². The Morgan fingerprint density at radius 1 is 0.926 bits per heavy atom. The van der Waals surface area contributed by atoms with E-state index in [-0.39, 0.29) is 23.7 Å². The molecule has 4 nitrogen and oxygen atoms in total. The zero-order valence-corrected chi connectivity index (χ0v) is 16.7. The fraction of sp³-hybridized carbons (Fsp3) is 0.391. The first kappa shape index (κ1) is 20.7. The van der Waals surface area contributed by atoms with E-state index in [0.717, 1.165) is 12.0 Å². The molecule has 2 atom stereocenters. The third-order valence-corrected chi connectivity index (χ3v) is 5.10. The normalized spacial score (nSPS) is 12.9. The van der Waals surface area contributed by atoms with Crippen molar-refractivity contribution in [3.05, 3.63) is 65.7 Å². The van der Waals surface area contributed by atoms with E-state index in [4.69, 9.17) is 0 Å². The summed E-state index contributed by atoms with van der Waals surface area (Å²) in [4.78, 5) is 27.1. The van der Waals surface area contributed by atoms with Crippen LogP contribution < -0.4 is 5.32 Å². The van der Waals surface area contributed by atoms with Crippen LogP contribution in [-0.2, 0) is 4.79 Å². The molecule has 0 spiro atoms. The average Bonchev–Trinajstić information content (AvgIpc) is 2.70. The van der Waals surface area contributed by atoms with Crippen molar-refractivity contribution in [2.45, 2.75) is 40.0 Å². The van der Waals surface area contributed by atoms with Gasteiger partial charge >= 0.3 is 0 Å². The molecule has 0 saturated heterocycles. The van der Waals surface area contributed by atoms with E-state index >= 15 is 0 Å². The first-order chi connectivity index (χ1) is 13.0. The zero-order chi connectivity index (χ0) is 19.8. The molecule has 1 N–H and O–H groups in total. The van der Waals surface area contributed by atoms with Crippen LogP contribution in [0.5, 0.6) is 0 Å². The molecule has 0 unspecified atom stereocenters. The molecule has 4 heteroatoms. The maximum atomic E-state index is 12.9. The number of amides is 2. The summed E-state index contributed by atoms with van der Waals surface area (Å²) in [5, 5.41) is 3.02. The highest BCUT2D eigenvalue weighted by molar-refractivity contribution is 5.97. The highest BCUT2D eigenvalue weighted by Gasteiger charge is 2.25. The largest absolute Gasteiger partial charge is 0.339 e. The Morgan fingerprint density at radius 3 is 2.04 bits per heavy atom. The maximum absolute atomic E-state index is 12.9. The van der Waals surface area contributed by atoms with Gasteiger partial charge in [-0.1, -0.05) is 50.6 Å². The van der Waals surface area contributed by atoms with Gasteiger partial charge in [0.1, 0.15) is 0 Å². The Kier molecular flexibility index (Phi) is 7.59. The van der Waals surface area contributed by atoms with Gasteiger partial charge in [0.15, 0.2) is 0 Å². The molecule has 2 rings (SSSR count). The summed E-state index contributed by atoms with van der Waals surface area (Å²) in [6.07, 6.45) is 0.921. The van der Waals surface area contributed by atoms with Gasteiger partial charge in [-0.3, -0.25) is 9.59 Å². The molecule has 2 amide bonds. The second-order valence-electron chi connectivity index (χ2n) is 6.82. The third kappa shape index (κ3) is 5.19. The van der Waals surface area contributed by atoms with Crippen LogP contribution in [0.15, 0.2) is 54.6 Å². The van der Waals surface area contributed by atoms with Crippen LogP contribution in [0.1, 0.15) is 56.0 Å². The van der Waals surface area contributed by atoms with Crippen molar-refractivity contribution in [2.24, 2.45) is 5.92 Å². The molecular weight excluding hydrogens is 336 g/mol. The maximum Gasteiger partial charge on any atom is 0.253 e. The van der Waals surface area contributed by atoms with E-state index in [1.807, 2.05) is 44.2 Å². The lowest BCUT2D eigenvalue weighted by atomic mass is 9.85. The number of benzene rings is 2. The number of hydrogen-bond donors (Lipinski definition) is 1. The molecule has 0 aromatic heterocycles. The van der Waals surface area contributed by atoms with E-state index in [1.54, 1.807) is 29.2 Å². The molecule has 0 saturated carbocycles. The van der Waals surface area contributed by atoms with Crippen LogP contribution in [0, 0.1) is 5.92 Å². The van der Waals surface area contributed by atoms with Gasteiger partial charge in [-0.2, -0.15) is 0 Å². The van der Waals surface area contributed by atoms with Crippen LogP contribution in [-0.4, -0.2) is 29.8 Å². The van der Waals surface area contributed by atoms with Gasteiger partial charge < -0.3 is 10.2 Å². The number of nitrogens with one attached hydrogen (secondary N) is 1. The summed E-state index contributed by atoms with van der Waals surface area (Å²) in [5.41, 5.74) is 2.37. The summed E-state index contributed by atoms with van der Waals surface area (Å²) in [5.74, 6) is 0.0297. The van der Waals surface area contributed by atoms with E-state index < -0.39 is 0 Å². The Balaban J connectivity index is 2.15. The van der Waals surface area contributed by atoms with Crippen molar-refractivity contribution in [2.75, 3.05) is 18.4 Å². The minimum Gasteiger partial charge on any atom is -0.339 e. The molecule has 0 bridgehead atoms. The topological polar surface area (TPSA) is 49.4 Å². The standard InChI is InChI=1S/C23H30N2O2/c1-5-17(4)21(18-11-9-8-10-12-18)22(26)24-20-15-13-19(14-16-20)23(27)25(6-2)7-3/h8-17,21H,5-7H2,1-4H3,(H,24,26)/t17-,21+/m0/s1. The average molecular weight is 367 g/mol. The molecule has 0 fully saturated rings. The SMILES string of the molecule is CC[C@H](C)[C@@H](C(=O)Nc1ccc(C(=O)N(CC)CC)cc1)c1ccccc1. The van der Waals surface area contributed by atoms with Crippen LogP contribution in [0.2, 0.25) is 0 Å². The van der Waals surface area contributed by atoms with Crippen molar-refractivity contribution >= 4 is 17.5 Å². The summed E-state index contributed by atoms with van der Waals surface area (Å²) in [6, 6.07) is 17.0. The van der Waals surface area contributed by atoms with E-state index in [2.05, 4.69) is 19.2 Å². The number of rotatable bonds is 8.